The molecule has 0 aliphatic heterocycles. The summed E-state index contributed by atoms with van der Waals surface area (Å²) in [5.74, 6) is -0.919. The van der Waals surface area contributed by atoms with E-state index in [1.165, 1.54) is 6.07 Å². The van der Waals surface area contributed by atoms with Gasteiger partial charge >= 0.3 is 0 Å². The van der Waals surface area contributed by atoms with E-state index in [2.05, 4.69) is 10.3 Å². The molecule has 0 unspecified atom stereocenters. The topological polar surface area (TPSA) is 62.2 Å². The highest BCUT2D eigenvalue weighted by molar-refractivity contribution is 5.92. The van der Waals surface area contributed by atoms with E-state index in [-0.39, 0.29) is 23.8 Å². The van der Waals surface area contributed by atoms with Crippen molar-refractivity contribution in [3.05, 3.63) is 54.1 Å². The highest BCUT2D eigenvalue weighted by Crippen LogP contribution is 2.23. The predicted molar refractivity (Wildman–Crippen MR) is 73.9 cm³/mol. The number of hydrogen-bond donors (Lipinski definition) is 2. The molecule has 2 aromatic rings. The number of pyridine rings is 1. The number of carbonyl (C=O) groups excluding carboxylic acids is 1. The van der Waals surface area contributed by atoms with Gasteiger partial charge < -0.3 is 10.4 Å². The maximum absolute atomic E-state index is 13.0. The van der Waals surface area contributed by atoms with Crippen LogP contribution in [0.25, 0.3) is 0 Å². The molecule has 104 valence electrons. The molecule has 0 aliphatic rings. The first kappa shape index (κ1) is 14.0. The van der Waals surface area contributed by atoms with Gasteiger partial charge in [0.25, 0.3) is 0 Å². The van der Waals surface area contributed by atoms with Crippen LogP contribution < -0.4 is 5.32 Å². The summed E-state index contributed by atoms with van der Waals surface area (Å²) in [5.41, 5.74) is 1.02. The molecule has 0 fully saturated rings. The molecule has 1 heterocycles. The number of aromatic hydroxyl groups is 1. The standard InChI is InChI=1S/C15H15FN2O2/c16-11-7-8-14(19)13(10-11)18-15(20)6-3-5-12-4-1-2-9-17-12/h1-2,4,7-10,19H,3,5-6H2,(H,18,20). The first-order valence-electron chi connectivity index (χ1n) is 6.33. The first-order chi connectivity index (χ1) is 9.65. The molecule has 2 rings (SSSR count). The smallest absolute Gasteiger partial charge is 0.224 e. The number of halogens is 1. The second-order valence-electron chi connectivity index (χ2n) is 4.38. The molecule has 0 saturated heterocycles. The zero-order chi connectivity index (χ0) is 14.4. The SMILES string of the molecule is O=C(CCCc1ccccn1)Nc1cc(F)ccc1O. The molecule has 0 radical (unpaired) electrons. The van der Waals surface area contributed by atoms with Crippen LogP contribution in [0.2, 0.25) is 0 Å². The van der Waals surface area contributed by atoms with Crippen molar-refractivity contribution in [2.24, 2.45) is 0 Å². The number of nitrogens with one attached hydrogen (secondary N) is 1. The van der Waals surface area contributed by atoms with Gasteiger partial charge in [-0.1, -0.05) is 6.07 Å². The van der Waals surface area contributed by atoms with E-state index in [9.17, 15) is 14.3 Å². The van der Waals surface area contributed by atoms with E-state index in [0.29, 0.717) is 12.8 Å². The van der Waals surface area contributed by atoms with Crippen molar-refractivity contribution in [2.45, 2.75) is 19.3 Å². The zero-order valence-corrected chi connectivity index (χ0v) is 10.8. The summed E-state index contributed by atoms with van der Waals surface area (Å²) in [6, 6.07) is 9.06. The van der Waals surface area contributed by atoms with Crippen LogP contribution in [0.1, 0.15) is 18.5 Å². The quantitative estimate of drug-likeness (QED) is 0.824. The molecule has 4 nitrogen and oxygen atoms in total. The van der Waals surface area contributed by atoms with E-state index >= 15 is 0 Å². The Morgan fingerprint density at radius 1 is 1.30 bits per heavy atom. The van der Waals surface area contributed by atoms with Crippen molar-refractivity contribution < 1.29 is 14.3 Å². The largest absolute Gasteiger partial charge is 0.506 e. The lowest BCUT2D eigenvalue weighted by atomic mass is 10.1. The molecule has 0 saturated carbocycles. The molecular weight excluding hydrogens is 259 g/mol. The van der Waals surface area contributed by atoms with Crippen LogP contribution in [0.4, 0.5) is 10.1 Å². The predicted octanol–water partition coefficient (Wildman–Crippen LogP) is 2.89. The van der Waals surface area contributed by atoms with Crippen LogP contribution in [0, 0.1) is 5.82 Å². The fourth-order valence-corrected chi connectivity index (χ4v) is 1.80. The average Bonchev–Trinajstić information content (AvgIpc) is 2.44. The second kappa shape index (κ2) is 6.65. The van der Waals surface area contributed by atoms with Crippen molar-refractivity contribution in [3.8, 4) is 5.75 Å². The van der Waals surface area contributed by atoms with Crippen LogP contribution in [0.3, 0.4) is 0 Å². The molecule has 0 atom stereocenters. The van der Waals surface area contributed by atoms with Crippen LogP contribution in [0.15, 0.2) is 42.6 Å². The molecule has 1 aromatic heterocycles. The Kier molecular flexibility index (Phi) is 4.65. The Morgan fingerprint density at radius 3 is 2.90 bits per heavy atom. The molecular formula is C15H15FN2O2. The maximum Gasteiger partial charge on any atom is 0.224 e. The minimum Gasteiger partial charge on any atom is -0.506 e. The number of aromatic nitrogens is 1. The minimum absolute atomic E-state index is 0.0906. The summed E-state index contributed by atoms with van der Waals surface area (Å²) in [4.78, 5) is 15.9. The number of hydrogen-bond acceptors (Lipinski definition) is 3. The Hall–Kier alpha value is -2.43. The fraction of sp³-hybridized carbons (Fsp3) is 0.200. The van der Waals surface area contributed by atoms with E-state index < -0.39 is 5.82 Å². The van der Waals surface area contributed by atoms with Gasteiger partial charge in [-0.3, -0.25) is 9.78 Å². The lowest BCUT2D eigenvalue weighted by Gasteiger charge is -2.07. The van der Waals surface area contributed by atoms with Gasteiger partial charge in [0.05, 0.1) is 5.69 Å². The van der Waals surface area contributed by atoms with Crippen LogP contribution >= 0.6 is 0 Å². The van der Waals surface area contributed by atoms with Crippen molar-refractivity contribution in [3.63, 3.8) is 0 Å². The molecule has 5 heteroatoms. The number of nitrogens with zero attached hydrogens (tertiary/aromatic N) is 1. The Morgan fingerprint density at radius 2 is 2.15 bits per heavy atom. The number of phenolic OH excluding ortho intramolecular Hbond substituents is 1. The number of benzene rings is 1. The number of phenols is 1. The average molecular weight is 274 g/mol. The number of carbonyl (C=O) groups is 1. The minimum atomic E-state index is -0.508. The second-order valence-corrected chi connectivity index (χ2v) is 4.38. The molecule has 0 bridgehead atoms. The van der Waals surface area contributed by atoms with Crippen molar-refractivity contribution >= 4 is 11.6 Å². The summed E-state index contributed by atoms with van der Waals surface area (Å²) < 4.78 is 13.0. The van der Waals surface area contributed by atoms with E-state index in [4.69, 9.17) is 0 Å². The Labute approximate surface area is 116 Å². The van der Waals surface area contributed by atoms with E-state index in [1.807, 2.05) is 18.2 Å². The van der Waals surface area contributed by atoms with Gasteiger partial charge in [-0.15, -0.1) is 0 Å². The zero-order valence-electron chi connectivity index (χ0n) is 10.8. The first-order valence-corrected chi connectivity index (χ1v) is 6.33. The van der Waals surface area contributed by atoms with Crippen molar-refractivity contribution in [1.82, 2.24) is 4.98 Å². The van der Waals surface area contributed by atoms with E-state index in [1.54, 1.807) is 6.20 Å². The third kappa shape index (κ3) is 4.05. The molecule has 20 heavy (non-hydrogen) atoms. The van der Waals surface area contributed by atoms with Crippen LogP contribution in [-0.2, 0) is 11.2 Å². The maximum atomic E-state index is 13.0. The normalized spacial score (nSPS) is 10.2. The van der Waals surface area contributed by atoms with Gasteiger partial charge in [0, 0.05) is 24.4 Å². The molecule has 0 spiro atoms. The summed E-state index contributed by atoms with van der Waals surface area (Å²) in [5, 5.41) is 12.0. The van der Waals surface area contributed by atoms with Gasteiger partial charge in [-0.25, -0.2) is 4.39 Å². The van der Waals surface area contributed by atoms with Gasteiger partial charge in [0.1, 0.15) is 11.6 Å². The van der Waals surface area contributed by atoms with Gasteiger partial charge in [0.2, 0.25) is 5.91 Å². The molecule has 1 aromatic carbocycles. The van der Waals surface area contributed by atoms with Crippen molar-refractivity contribution in [2.75, 3.05) is 5.32 Å². The van der Waals surface area contributed by atoms with E-state index in [0.717, 1.165) is 17.8 Å². The lowest BCUT2D eigenvalue weighted by Crippen LogP contribution is -2.12. The van der Waals surface area contributed by atoms with Crippen molar-refractivity contribution in [1.29, 1.82) is 0 Å². The summed E-state index contributed by atoms with van der Waals surface area (Å²) in [6.45, 7) is 0. The third-order valence-electron chi connectivity index (χ3n) is 2.80. The molecule has 0 aliphatic carbocycles. The number of amides is 1. The summed E-state index contributed by atoms with van der Waals surface area (Å²) in [7, 11) is 0. The van der Waals surface area contributed by atoms with Gasteiger partial charge in [0.15, 0.2) is 0 Å². The molecule has 1 amide bonds. The highest BCUT2D eigenvalue weighted by atomic mass is 19.1. The Bertz CT molecular complexity index is 588. The van der Waals surface area contributed by atoms with Crippen LogP contribution in [0.5, 0.6) is 5.75 Å². The summed E-state index contributed by atoms with van der Waals surface area (Å²) >= 11 is 0. The monoisotopic (exact) mass is 274 g/mol. The fourth-order valence-electron chi connectivity index (χ4n) is 1.80. The molecule has 2 N–H and O–H groups in total. The number of rotatable bonds is 5. The Balaban J connectivity index is 1.82. The number of anilines is 1. The van der Waals surface area contributed by atoms with Gasteiger partial charge in [-0.2, -0.15) is 0 Å². The summed E-state index contributed by atoms with van der Waals surface area (Å²) in [6.07, 6.45) is 3.33. The highest BCUT2D eigenvalue weighted by Gasteiger charge is 2.07. The third-order valence-corrected chi connectivity index (χ3v) is 2.80. The van der Waals surface area contributed by atoms with Gasteiger partial charge in [-0.05, 0) is 37.1 Å². The lowest BCUT2D eigenvalue weighted by molar-refractivity contribution is -0.116. The van der Waals surface area contributed by atoms with Crippen LogP contribution in [-0.4, -0.2) is 16.0 Å². The number of aryl methyl sites for hydroxylation is 1.